The number of nitrogens with zero attached hydrogens (tertiary/aromatic N) is 1. The molecule has 0 atom stereocenters. The van der Waals surface area contributed by atoms with Crippen LogP contribution in [0.25, 0.3) is 33.3 Å². The largest absolute Gasteiger partial charge is 0.494 e. The highest BCUT2D eigenvalue weighted by Crippen LogP contribution is 2.31. The minimum atomic E-state index is 0.524. The molecule has 0 bridgehead atoms. The summed E-state index contributed by atoms with van der Waals surface area (Å²) in [5.74, 6) is 0.883. The molecular formula is C22H21N3O. The summed E-state index contributed by atoms with van der Waals surface area (Å²) in [6, 6.07) is 22.7. The van der Waals surface area contributed by atoms with Gasteiger partial charge >= 0.3 is 0 Å². The van der Waals surface area contributed by atoms with E-state index in [0.717, 1.165) is 44.6 Å². The summed E-state index contributed by atoms with van der Waals surface area (Å²) < 4.78 is 5.61. The van der Waals surface area contributed by atoms with Crippen LogP contribution in [0.3, 0.4) is 0 Å². The van der Waals surface area contributed by atoms with Gasteiger partial charge in [-0.1, -0.05) is 36.4 Å². The maximum atomic E-state index is 5.76. The summed E-state index contributed by atoms with van der Waals surface area (Å²) in [6.07, 6.45) is 0. The average molecular weight is 343 g/mol. The third-order valence-corrected chi connectivity index (χ3v) is 4.48. The smallest absolute Gasteiger partial charge is 0.119 e. The van der Waals surface area contributed by atoms with Gasteiger partial charge in [0.15, 0.2) is 0 Å². The summed E-state index contributed by atoms with van der Waals surface area (Å²) in [5, 5.41) is 8.79. The average Bonchev–Trinajstić information content (AvgIpc) is 3.12. The Bertz CT molecular complexity index is 1050. The number of fused-ring (bicyclic) bond motifs is 1. The first kappa shape index (κ1) is 16.4. The molecule has 0 aliphatic carbocycles. The van der Waals surface area contributed by atoms with Crippen LogP contribution in [0, 0.1) is 0 Å². The van der Waals surface area contributed by atoms with Crippen molar-refractivity contribution in [3.05, 3.63) is 72.3 Å². The molecule has 0 aliphatic rings. The monoisotopic (exact) mass is 343 g/mol. The van der Waals surface area contributed by atoms with E-state index in [9.17, 15) is 0 Å². The van der Waals surface area contributed by atoms with Crippen molar-refractivity contribution < 1.29 is 4.74 Å². The van der Waals surface area contributed by atoms with Gasteiger partial charge < -0.3 is 10.5 Å². The summed E-state index contributed by atoms with van der Waals surface area (Å²) >= 11 is 0. The van der Waals surface area contributed by atoms with E-state index in [1.807, 2.05) is 31.2 Å². The fourth-order valence-electron chi connectivity index (χ4n) is 3.20. The molecule has 4 nitrogen and oxygen atoms in total. The van der Waals surface area contributed by atoms with Crippen molar-refractivity contribution in [3.63, 3.8) is 0 Å². The van der Waals surface area contributed by atoms with Crippen LogP contribution >= 0.6 is 0 Å². The molecule has 1 heterocycles. The number of hydrogen-bond acceptors (Lipinski definition) is 3. The van der Waals surface area contributed by atoms with Crippen molar-refractivity contribution in [2.24, 2.45) is 5.73 Å². The first-order chi connectivity index (χ1) is 12.8. The Hall–Kier alpha value is -3.11. The van der Waals surface area contributed by atoms with Gasteiger partial charge in [-0.25, -0.2) is 0 Å². The molecule has 0 radical (unpaired) electrons. The summed E-state index contributed by atoms with van der Waals surface area (Å²) in [6.45, 7) is 3.18. The third-order valence-electron chi connectivity index (χ3n) is 4.48. The number of nitrogens with two attached hydrogens (primary N) is 1. The Balaban J connectivity index is 1.74. The second-order valence-corrected chi connectivity index (χ2v) is 6.20. The Morgan fingerprint density at radius 2 is 1.73 bits per heavy atom. The molecule has 3 aromatic carbocycles. The number of aromatic nitrogens is 2. The maximum absolute atomic E-state index is 5.76. The summed E-state index contributed by atoms with van der Waals surface area (Å²) in [7, 11) is 0. The van der Waals surface area contributed by atoms with Gasteiger partial charge in [-0.05, 0) is 53.9 Å². The fourth-order valence-corrected chi connectivity index (χ4v) is 3.20. The van der Waals surface area contributed by atoms with Crippen LogP contribution in [0.4, 0.5) is 0 Å². The number of H-pyrrole nitrogens is 1. The Morgan fingerprint density at radius 1 is 0.923 bits per heavy atom. The highest BCUT2D eigenvalue weighted by molar-refractivity contribution is 5.95. The summed E-state index contributed by atoms with van der Waals surface area (Å²) in [4.78, 5) is 0. The molecule has 0 unspecified atom stereocenters. The number of hydrogen-bond donors (Lipinski definition) is 2. The topological polar surface area (TPSA) is 63.9 Å². The van der Waals surface area contributed by atoms with Crippen molar-refractivity contribution in [1.82, 2.24) is 10.2 Å². The lowest BCUT2D eigenvalue weighted by Gasteiger charge is -2.07. The molecule has 0 amide bonds. The van der Waals surface area contributed by atoms with Crippen LogP contribution in [-0.2, 0) is 6.54 Å². The first-order valence-corrected chi connectivity index (χ1v) is 8.79. The number of benzene rings is 3. The van der Waals surface area contributed by atoms with Crippen molar-refractivity contribution in [2.75, 3.05) is 6.61 Å². The van der Waals surface area contributed by atoms with Crippen LogP contribution in [0.1, 0.15) is 12.5 Å². The van der Waals surface area contributed by atoms with E-state index in [-0.39, 0.29) is 0 Å². The quantitative estimate of drug-likeness (QED) is 0.549. The van der Waals surface area contributed by atoms with E-state index in [0.29, 0.717) is 13.2 Å². The number of aromatic amines is 1. The lowest BCUT2D eigenvalue weighted by atomic mass is 10.0. The Labute approximate surface area is 152 Å². The minimum absolute atomic E-state index is 0.524. The molecule has 130 valence electrons. The number of nitrogens with one attached hydrogen (secondary N) is 1. The molecular weight excluding hydrogens is 322 g/mol. The molecule has 4 heteroatoms. The molecule has 1 aromatic heterocycles. The number of ether oxygens (including phenoxy) is 1. The van der Waals surface area contributed by atoms with Crippen LogP contribution in [0.2, 0.25) is 0 Å². The maximum Gasteiger partial charge on any atom is 0.119 e. The lowest BCUT2D eigenvalue weighted by Crippen LogP contribution is -1.95. The second-order valence-electron chi connectivity index (χ2n) is 6.20. The molecule has 4 rings (SSSR count). The summed E-state index contributed by atoms with van der Waals surface area (Å²) in [5.41, 5.74) is 12.2. The minimum Gasteiger partial charge on any atom is -0.494 e. The van der Waals surface area contributed by atoms with Gasteiger partial charge in [-0.15, -0.1) is 0 Å². The van der Waals surface area contributed by atoms with Gasteiger partial charge in [0.25, 0.3) is 0 Å². The molecule has 4 aromatic rings. The van der Waals surface area contributed by atoms with E-state index in [2.05, 4.69) is 52.7 Å². The van der Waals surface area contributed by atoms with Crippen LogP contribution in [0.5, 0.6) is 5.75 Å². The van der Waals surface area contributed by atoms with Gasteiger partial charge in [-0.2, -0.15) is 5.10 Å². The SMILES string of the molecule is CCOc1cccc(-c2ccc3c(-c4cccc(CN)c4)n[nH]c3c2)c1. The van der Waals surface area contributed by atoms with E-state index >= 15 is 0 Å². The van der Waals surface area contributed by atoms with Gasteiger partial charge in [0.2, 0.25) is 0 Å². The van der Waals surface area contributed by atoms with E-state index in [1.54, 1.807) is 0 Å². The molecule has 0 saturated heterocycles. The fraction of sp³-hybridized carbons (Fsp3) is 0.136. The lowest BCUT2D eigenvalue weighted by molar-refractivity contribution is 0.340. The predicted octanol–water partition coefficient (Wildman–Crippen LogP) is 4.75. The third kappa shape index (κ3) is 3.07. The van der Waals surface area contributed by atoms with E-state index in [1.165, 1.54) is 0 Å². The van der Waals surface area contributed by atoms with Gasteiger partial charge in [0, 0.05) is 17.5 Å². The highest BCUT2D eigenvalue weighted by atomic mass is 16.5. The molecule has 0 fully saturated rings. The van der Waals surface area contributed by atoms with E-state index in [4.69, 9.17) is 10.5 Å². The van der Waals surface area contributed by atoms with Crippen molar-refractivity contribution in [3.8, 4) is 28.1 Å². The van der Waals surface area contributed by atoms with Crippen LogP contribution in [-0.4, -0.2) is 16.8 Å². The first-order valence-electron chi connectivity index (χ1n) is 8.79. The zero-order valence-electron chi connectivity index (χ0n) is 14.7. The van der Waals surface area contributed by atoms with Gasteiger partial charge in [0.1, 0.15) is 5.75 Å². The van der Waals surface area contributed by atoms with E-state index < -0.39 is 0 Å². The predicted molar refractivity (Wildman–Crippen MR) is 106 cm³/mol. The van der Waals surface area contributed by atoms with Crippen LogP contribution < -0.4 is 10.5 Å². The standard InChI is InChI=1S/C22H21N3O/c1-2-26-19-8-4-6-16(12-19)17-9-10-20-21(13-17)24-25-22(20)18-7-3-5-15(11-18)14-23/h3-13H,2,14,23H2,1H3,(H,24,25). The van der Waals surface area contributed by atoms with Gasteiger partial charge in [0.05, 0.1) is 17.8 Å². The molecule has 0 spiro atoms. The molecule has 3 N–H and O–H groups in total. The molecule has 0 aliphatic heterocycles. The van der Waals surface area contributed by atoms with Crippen molar-refractivity contribution in [2.45, 2.75) is 13.5 Å². The van der Waals surface area contributed by atoms with Gasteiger partial charge in [-0.3, -0.25) is 5.10 Å². The highest BCUT2D eigenvalue weighted by Gasteiger charge is 2.10. The zero-order chi connectivity index (χ0) is 17.9. The second kappa shape index (κ2) is 7.02. The Kier molecular flexibility index (Phi) is 4.42. The normalized spacial score (nSPS) is 11.0. The van der Waals surface area contributed by atoms with Crippen molar-refractivity contribution in [1.29, 1.82) is 0 Å². The molecule has 0 saturated carbocycles. The van der Waals surface area contributed by atoms with Crippen LogP contribution in [0.15, 0.2) is 66.7 Å². The van der Waals surface area contributed by atoms with Crippen molar-refractivity contribution >= 4 is 10.9 Å². The number of rotatable bonds is 5. The Morgan fingerprint density at radius 3 is 2.58 bits per heavy atom. The zero-order valence-corrected chi connectivity index (χ0v) is 14.7. The molecule has 26 heavy (non-hydrogen) atoms.